The Morgan fingerprint density at radius 3 is 2.65 bits per heavy atom. The number of fused-ring (bicyclic) bond motifs is 3. The lowest BCUT2D eigenvalue weighted by Crippen LogP contribution is -2.17. The molecular weight excluding hydrogens is 360 g/mol. The highest BCUT2D eigenvalue weighted by Gasteiger charge is 2.14. The van der Waals surface area contributed by atoms with E-state index in [-0.39, 0.29) is 0 Å². The molecule has 4 nitrogen and oxygen atoms in total. The van der Waals surface area contributed by atoms with Gasteiger partial charge in [-0.2, -0.15) is 0 Å². The van der Waals surface area contributed by atoms with Crippen molar-refractivity contribution in [2.24, 2.45) is 0 Å². The SMILES string of the molecule is S=c1[nH]c2cnc3ccccc3c2n1Cc1ccc(CN2CCCC2)s1. The molecule has 1 saturated heterocycles. The summed E-state index contributed by atoms with van der Waals surface area (Å²) in [6, 6.07) is 12.8. The predicted molar refractivity (Wildman–Crippen MR) is 110 cm³/mol. The van der Waals surface area contributed by atoms with E-state index in [0.717, 1.165) is 39.8 Å². The van der Waals surface area contributed by atoms with Gasteiger partial charge in [-0.05, 0) is 56.3 Å². The van der Waals surface area contributed by atoms with E-state index in [9.17, 15) is 0 Å². The molecule has 1 fully saturated rings. The van der Waals surface area contributed by atoms with Crippen LogP contribution in [0.1, 0.15) is 22.6 Å². The van der Waals surface area contributed by atoms with Crippen molar-refractivity contribution in [1.29, 1.82) is 0 Å². The molecular formula is C20H20N4S2. The highest BCUT2D eigenvalue weighted by atomic mass is 32.1. The van der Waals surface area contributed by atoms with Crippen LogP contribution in [0.2, 0.25) is 0 Å². The summed E-state index contributed by atoms with van der Waals surface area (Å²) in [6.07, 6.45) is 4.56. The van der Waals surface area contributed by atoms with Gasteiger partial charge in [-0.1, -0.05) is 18.2 Å². The van der Waals surface area contributed by atoms with Gasteiger partial charge in [0.25, 0.3) is 0 Å². The minimum absolute atomic E-state index is 0.757. The van der Waals surface area contributed by atoms with E-state index in [1.54, 1.807) is 0 Å². The van der Waals surface area contributed by atoms with Gasteiger partial charge in [-0.25, -0.2) is 0 Å². The fourth-order valence-corrected chi connectivity index (χ4v) is 5.17. The third-order valence-electron chi connectivity index (χ3n) is 5.11. The zero-order valence-electron chi connectivity index (χ0n) is 14.4. The lowest BCUT2D eigenvalue weighted by atomic mass is 10.2. The molecule has 3 aromatic heterocycles. The second kappa shape index (κ2) is 6.61. The Morgan fingerprint density at radius 2 is 1.81 bits per heavy atom. The van der Waals surface area contributed by atoms with Crippen LogP contribution in [-0.2, 0) is 13.1 Å². The highest BCUT2D eigenvalue weighted by molar-refractivity contribution is 7.71. The van der Waals surface area contributed by atoms with Crippen molar-refractivity contribution >= 4 is 45.5 Å². The summed E-state index contributed by atoms with van der Waals surface area (Å²) in [7, 11) is 0. The number of benzene rings is 1. The van der Waals surface area contributed by atoms with Crippen molar-refractivity contribution in [3.05, 3.63) is 57.1 Å². The number of likely N-dealkylation sites (tertiary alicyclic amines) is 1. The van der Waals surface area contributed by atoms with Gasteiger partial charge in [0.2, 0.25) is 0 Å². The lowest BCUT2D eigenvalue weighted by Gasteiger charge is -2.12. The second-order valence-electron chi connectivity index (χ2n) is 6.91. The molecule has 1 aromatic carbocycles. The first-order valence-electron chi connectivity index (χ1n) is 9.04. The number of imidazole rings is 1. The molecule has 1 aliphatic rings. The molecule has 0 bridgehead atoms. The monoisotopic (exact) mass is 380 g/mol. The van der Waals surface area contributed by atoms with Crippen LogP contribution in [0.15, 0.2) is 42.6 Å². The Hall–Kier alpha value is -2.02. The molecule has 0 atom stereocenters. The van der Waals surface area contributed by atoms with E-state index in [0.29, 0.717) is 0 Å². The summed E-state index contributed by atoms with van der Waals surface area (Å²) >= 11 is 7.52. The average Bonchev–Trinajstić information content (AvgIpc) is 3.38. The molecule has 4 aromatic rings. The third kappa shape index (κ3) is 2.88. The first-order valence-corrected chi connectivity index (χ1v) is 10.3. The molecule has 0 amide bonds. The summed E-state index contributed by atoms with van der Waals surface area (Å²) < 4.78 is 2.97. The van der Waals surface area contributed by atoms with Crippen LogP contribution in [0, 0.1) is 4.77 Å². The molecule has 0 aliphatic carbocycles. The maximum atomic E-state index is 5.61. The molecule has 26 heavy (non-hydrogen) atoms. The summed E-state index contributed by atoms with van der Waals surface area (Å²) in [5.41, 5.74) is 3.15. The van der Waals surface area contributed by atoms with Crippen LogP contribution in [0.5, 0.6) is 0 Å². The lowest BCUT2D eigenvalue weighted by molar-refractivity contribution is 0.334. The van der Waals surface area contributed by atoms with E-state index in [2.05, 4.69) is 49.8 Å². The van der Waals surface area contributed by atoms with Crippen LogP contribution in [0.3, 0.4) is 0 Å². The number of para-hydroxylation sites is 1. The Labute approximate surface area is 161 Å². The van der Waals surface area contributed by atoms with E-state index < -0.39 is 0 Å². The van der Waals surface area contributed by atoms with Gasteiger partial charge in [-0.15, -0.1) is 11.3 Å². The summed E-state index contributed by atoms with van der Waals surface area (Å²) in [5.74, 6) is 0. The van der Waals surface area contributed by atoms with E-state index >= 15 is 0 Å². The smallest absolute Gasteiger partial charge is 0.178 e. The van der Waals surface area contributed by atoms with Crippen molar-refractivity contribution in [3.63, 3.8) is 0 Å². The second-order valence-corrected chi connectivity index (χ2v) is 8.54. The van der Waals surface area contributed by atoms with Crippen LogP contribution < -0.4 is 0 Å². The number of aromatic nitrogens is 3. The number of hydrogen-bond acceptors (Lipinski definition) is 4. The minimum Gasteiger partial charge on any atom is -0.329 e. The van der Waals surface area contributed by atoms with Crippen LogP contribution >= 0.6 is 23.6 Å². The van der Waals surface area contributed by atoms with Crippen LogP contribution in [-0.4, -0.2) is 32.5 Å². The standard InChI is InChI=1S/C20H20N4S2/c25-20-22-18-11-21-17-6-2-1-5-16(17)19(18)24(20)13-15-8-7-14(26-15)12-23-9-3-4-10-23/h1-2,5-8,11H,3-4,9-10,12-13H2,(H,22,25). The number of nitrogens with one attached hydrogen (secondary N) is 1. The van der Waals surface area contributed by atoms with Crippen molar-refractivity contribution < 1.29 is 0 Å². The Balaban J connectivity index is 1.51. The van der Waals surface area contributed by atoms with Gasteiger partial charge in [0, 0.05) is 21.7 Å². The molecule has 1 N–H and O–H groups in total. The zero-order valence-corrected chi connectivity index (χ0v) is 16.1. The third-order valence-corrected chi connectivity index (χ3v) is 6.49. The number of hydrogen-bond donors (Lipinski definition) is 1. The normalized spacial score (nSPS) is 15.4. The molecule has 0 saturated carbocycles. The van der Waals surface area contributed by atoms with Gasteiger partial charge in [-0.3, -0.25) is 9.88 Å². The number of H-pyrrole nitrogens is 1. The topological polar surface area (TPSA) is 36.9 Å². The molecule has 5 rings (SSSR count). The Kier molecular flexibility index (Phi) is 4.11. The molecule has 0 radical (unpaired) electrons. The van der Waals surface area contributed by atoms with Gasteiger partial charge < -0.3 is 9.55 Å². The fourth-order valence-electron chi connectivity index (χ4n) is 3.85. The molecule has 132 valence electrons. The van der Waals surface area contributed by atoms with E-state index in [1.807, 2.05) is 23.6 Å². The van der Waals surface area contributed by atoms with Crippen molar-refractivity contribution in [1.82, 2.24) is 19.4 Å². The number of pyridine rings is 1. The van der Waals surface area contributed by atoms with Gasteiger partial charge in [0.1, 0.15) is 0 Å². The maximum absolute atomic E-state index is 5.61. The summed E-state index contributed by atoms with van der Waals surface area (Å²) in [5, 5.41) is 1.14. The van der Waals surface area contributed by atoms with Gasteiger partial charge in [0.05, 0.1) is 29.3 Å². The first-order chi connectivity index (χ1) is 12.8. The Morgan fingerprint density at radius 1 is 1.04 bits per heavy atom. The van der Waals surface area contributed by atoms with Crippen LogP contribution in [0.4, 0.5) is 0 Å². The number of aromatic amines is 1. The van der Waals surface area contributed by atoms with E-state index in [4.69, 9.17) is 12.2 Å². The van der Waals surface area contributed by atoms with Crippen molar-refractivity contribution in [3.8, 4) is 0 Å². The van der Waals surface area contributed by atoms with Gasteiger partial charge >= 0.3 is 0 Å². The Bertz CT molecular complexity index is 1130. The fraction of sp³-hybridized carbons (Fsp3) is 0.300. The maximum Gasteiger partial charge on any atom is 0.178 e. The molecule has 6 heteroatoms. The molecule has 4 heterocycles. The average molecular weight is 381 g/mol. The molecule has 0 spiro atoms. The zero-order chi connectivity index (χ0) is 17.5. The van der Waals surface area contributed by atoms with Gasteiger partial charge in [0.15, 0.2) is 4.77 Å². The van der Waals surface area contributed by atoms with Crippen LogP contribution in [0.25, 0.3) is 21.9 Å². The largest absolute Gasteiger partial charge is 0.329 e. The molecule has 1 aliphatic heterocycles. The highest BCUT2D eigenvalue weighted by Crippen LogP contribution is 2.26. The number of thiophene rings is 1. The summed E-state index contributed by atoms with van der Waals surface area (Å²) in [4.78, 5) is 13.2. The number of nitrogens with zero attached hydrogens (tertiary/aromatic N) is 3. The van der Waals surface area contributed by atoms with Crippen molar-refractivity contribution in [2.75, 3.05) is 13.1 Å². The van der Waals surface area contributed by atoms with E-state index in [1.165, 1.54) is 35.7 Å². The van der Waals surface area contributed by atoms with Crippen molar-refractivity contribution in [2.45, 2.75) is 25.9 Å². The molecule has 0 unspecified atom stereocenters. The minimum atomic E-state index is 0.757. The quantitative estimate of drug-likeness (QED) is 0.509. The number of rotatable bonds is 4. The first kappa shape index (κ1) is 16.2. The summed E-state index contributed by atoms with van der Waals surface area (Å²) in [6.45, 7) is 4.35. The predicted octanol–water partition coefficient (Wildman–Crippen LogP) is 4.95.